The van der Waals surface area contributed by atoms with Crippen molar-refractivity contribution in [2.45, 2.75) is 39.8 Å². The summed E-state index contributed by atoms with van der Waals surface area (Å²) in [6, 6.07) is 5.35. The molecule has 31 heavy (non-hydrogen) atoms. The Kier molecular flexibility index (Phi) is 6.74. The lowest BCUT2D eigenvalue weighted by molar-refractivity contribution is 0.0999. The van der Waals surface area contributed by atoms with Crippen molar-refractivity contribution in [3.63, 3.8) is 0 Å². The van der Waals surface area contributed by atoms with Gasteiger partial charge in [0.25, 0.3) is 0 Å². The topological polar surface area (TPSA) is 117 Å². The molecule has 1 aliphatic heterocycles. The van der Waals surface area contributed by atoms with Crippen molar-refractivity contribution in [1.29, 1.82) is 0 Å². The number of hydrogen-bond acceptors (Lipinski definition) is 6. The van der Waals surface area contributed by atoms with E-state index in [1.54, 1.807) is 22.9 Å². The van der Waals surface area contributed by atoms with Crippen LogP contribution in [0.2, 0.25) is 0 Å². The number of hydrogen-bond donors (Lipinski definition) is 2. The Morgan fingerprint density at radius 2 is 2.16 bits per heavy atom. The van der Waals surface area contributed by atoms with Gasteiger partial charge in [-0.1, -0.05) is 12.2 Å². The molecule has 9 nitrogen and oxygen atoms in total. The van der Waals surface area contributed by atoms with Crippen molar-refractivity contribution in [2.24, 2.45) is 5.73 Å². The Bertz CT molecular complexity index is 1130. The first-order valence-corrected chi connectivity index (χ1v) is 10.2. The lowest BCUT2D eigenvalue weighted by Gasteiger charge is -2.26. The van der Waals surface area contributed by atoms with E-state index in [0.717, 1.165) is 41.9 Å². The van der Waals surface area contributed by atoms with E-state index < -0.39 is 5.91 Å². The molecule has 2 aromatic heterocycles. The van der Waals surface area contributed by atoms with Crippen LogP contribution in [0.3, 0.4) is 0 Å². The van der Waals surface area contributed by atoms with Crippen molar-refractivity contribution in [3.8, 4) is 5.75 Å². The average Bonchev–Trinajstić information content (AvgIpc) is 3.34. The molecular weight excluding hydrogens is 396 g/mol. The number of nitrogens with zero attached hydrogens (tertiary/aromatic N) is 4. The number of rotatable bonds is 6. The summed E-state index contributed by atoms with van der Waals surface area (Å²) in [4.78, 5) is 26.3. The predicted molar refractivity (Wildman–Crippen MR) is 120 cm³/mol. The maximum absolute atomic E-state index is 11.4. The molecule has 1 amide bonds. The van der Waals surface area contributed by atoms with Crippen LogP contribution in [0.4, 0.5) is 5.95 Å². The van der Waals surface area contributed by atoms with Gasteiger partial charge in [0.15, 0.2) is 6.29 Å². The third-order valence-corrected chi connectivity index (χ3v) is 5.05. The summed E-state index contributed by atoms with van der Waals surface area (Å²) in [5.41, 5.74) is 8.95. The van der Waals surface area contributed by atoms with E-state index in [-0.39, 0.29) is 6.04 Å². The molecule has 0 fully saturated rings. The third-order valence-electron chi connectivity index (χ3n) is 5.05. The normalized spacial score (nSPS) is 14.8. The van der Waals surface area contributed by atoms with E-state index >= 15 is 0 Å². The first kappa shape index (κ1) is 22.1. The van der Waals surface area contributed by atoms with E-state index in [1.807, 2.05) is 33.9 Å². The highest BCUT2D eigenvalue weighted by Gasteiger charge is 2.27. The second kappa shape index (κ2) is 9.46. The highest BCUT2D eigenvalue weighted by molar-refractivity contribution is 5.99. The zero-order valence-electron chi connectivity index (χ0n) is 18.3. The minimum atomic E-state index is -0.478. The average molecular weight is 425 g/mol. The fourth-order valence-electron chi connectivity index (χ4n) is 3.62. The number of primary amides is 1. The number of aromatic nitrogens is 4. The lowest BCUT2D eigenvalue weighted by Crippen LogP contribution is -2.23. The quantitative estimate of drug-likeness (QED) is 0.464. The number of imidazole rings is 1. The second-order valence-corrected chi connectivity index (χ2v) is 7.18. The Morgan fingerprint density at radius 3 is 2.74 bits per heavy atom. The fraction of sp³-hybridized carbons (Fsp3) is 0.364. The maximum atomic E-state index is 11.4. The van der Waals surface area contributed by atoms with Crippen LogP contribution in [0.25, 0.3) is 11.0 Å². The number of allylic oxidation sites excluding steroid dienone is 2. The fourth-order valence-corrected chi connectivity index (χ4v) is 3.62. The first-order valence-electron chi connectivity index (χ1n) is 10.2. The van der Waals surface area contributed by atoms with Crippen molar-refractivity contribution in [2.75, 3.05) is 19.0 Å². The molecule has 0 radical (unpaired) electrons. The van der Waals surface area contributed by atoms with Gasteiger partial charge < -0.3 is 20.4 Å². The van der Waals surface area contributed by atoms with Crippen molar-refractivity contribution in [1.82, 2.24) is 19.3 Å². The van der Waals surface area contributed by atoms with E-state index in [2.05, 4.69) is 26.0 Å². The zero-order valence-corrected chi connectivity index (χ0v) is 18.3. The predicted octanol–water partition coefficient (Wildman–Crippen LogP) is 3.10. The third kappa shape index (κ3) is 4.45. The number of aldehydes is 1. The summed E-state index contributed by atoms with van der Waals surface area (Å²) in [5, 5.41) is 7.19. The van der Waals surface area contributed by atoms with Crippen LogP contribution in [0.15, 0.2) is 30.4 Å². The molecule has 164 valence electrons. The molecule has 0 saturated carbocycles. The van der Waals surface area contributed by atoms with Gasteiger partial charge in [-0.15, -0.1) is 0 Å². The maximum Gasteiger partial charge on any atom is 0.248 e. The smallest absolute Gasteiger partial charge is 0.248 e. The summed E-state index contributed by atoms with van der Waals surface area (Å²) < 4.78 is 9.64. The standard InChI is InChI=1S/C15H18N4O2.C7H10N2O/c1-3-4-5-10-8-21-12-7-9(14(16)20)6-11-13(12)19(10)15(17-2)18-11;1-3-9-7(5-10)4-6(2)8-9/h3-4,6-7,10H,5,8H2,1-2H3,(H2,16,20)(H,17,18);4-5H,3H2,1-2H3/b4-3+;. The molecule has 1 aromatic carbocycles. The van der Waals surface area contributed by atoms with Crippen LogP contribution in [0, 0.1) is 6.92 Å². The molecule has 0 bridgehead atoms. The van der Waals surface area contributed by atoms with Gasteiger partial charge in [0.2, 0.25) is 11.9 Å². The highest BCUT2D eigenvalue weighted by atomic mass is 16.5. The molecule has 9 heteroatoms. The molecule has 0 saturated heterocycles. The van der Waals surface area contributed by atoms with Crippen molar-refractivity contribution >= 4 is 29.2 Å². The van der Waals surface area contributed by atoms with Crippen molar-refractivity contribution in [3.05, 3.63) is 47.3 Å². The Morgan fingerprint density at radius 1 is 1.39 bits per heavy atom. The van der Waals surface area contributed by atoms with E-state index in [1.165, 1.54) is 0 Å². The van der Waals surface area contributed by atoms with Gasteiger partial charge >= 0.3 is 0 Å². The second-order valence-electron chi connectivity index (χ2n) is 7.18. The van der Waals surface area contributed by atoms with Gasteiger partial charge in [0, 0.05) is 19.2 Å². The van der Waals surface area contributed by atoms with Crippen LogP contribution < -0.4 is 15.8 Å². The minimum Gasteiger partial charge on any atom is -0.489 e. The molecule has 0 aliphatic carbocycles. The van der Waals surface area contributed by atoms with E-state index in [4.69, 9.17) is 10.5 Å². The van der Waals surface area contributed by atoms with E-state index in [0.29, 0.717) is 23.6 Å². The molecule has 1 unspecified atom stereocenters. The number of aryl methyl sites for hydroxylation is 2. The molecule has 3 N–H and O–H groups in total. The first-order chi connectivity index (χ1) is 14.9. The molecule has 1 atom stereocenters. The molecule has 3 heterocycles. The van der Waals surface area contributed by atoms with Gasteiger partial charge in [-0.3, -0.25) is 14.3 Å². The summed E-state index contributed by atoms with van der Waals surface area (Å²) >= 11 is 0. The zero-order chi connectivity index (χ0) is 22.5. The molecule has 3 aromatic rings. The number of anilines is 1. The van der Waals surface area contributed by atoms with Crippen LogP contribution >= 0.6 is 0 Å². The van der Waals surface area contributed by atoms with Gasteiger partial charge in [-0.25, -0.2) is 4.98 Å². The van der Waals surface area contributed by atoms with Crippen LogP contribution in [-0.4, -0.2) is 45.2 Å². The Hall–Kier alpha value is -3.62. The number of benzene rings is 1. The van der Waals surface area contributed by atoms with Crippen molar-refractivity contribution < 1.29 is 14.3 Å². The lowest BCUT2D eigenvalue weighted by atomic mass is 10.1. The van der Waals surface area contributed by atoms with Gasteiger partial charge in [0.1, 0.15) is 23.6 Å². The largest absolute Gasteiger partial charge is 0.489 e. The highest BCUT2D eigenvalue weighted by Crippen LogP contribution is 2.38. The van der Waals surface area contributed by atoms with Gasteiger partial charge in [-0.2, -0.15) is 5.10 Å². The molecule has 4 rings (SSSR count). The Balaban J connectivity index is 0.000000229. The summed E-state index contributed by atoms with van der Waals surface area (Å²) in [6.07, 6.45) is 5.83. The number of nitrogens with one attached hydrogen (secondary N) is 1. The summed E-state index contributed by atoms with van der Waals surface area (Å²) in [5.74, 6) is 0.950. The summed E-state index contributed by atoms with van der Waals surface area (Å²) in [7, 11) is 1.83. The van der Waals surface area contributed by atoms with Gasteiger partial charge in [-0.05, 0) is 45.4 Å². The minimum absolute atomic E-state index is 0.181. The van der Waals surface area contributed by atoms with Crippen LogP contribution in [0.1, 0.15) is 52.9 Å². The molecular formula is C22H28N6O3. The van der Waals surface area contributed by atoms with Gasteiger partial charge in [0.05, 0.1) is 17.3 Å². The molecule has 0 spiro atoms. The SMILES string of the molecule is C/C=C/CC1COc2cc(C(N)=O)cc3nc(NC)n1c23.CCn1nc(C)cc1C=O. The monoisotopic (exact) mass is 424 g/mol. The van der Waals surface area contributed by atoms with E-state index in [9.17, 15) is 9.59 Å². The number of ether oxygens (including phenoxy) is 1. The molecule has 1 aliphatic rings. The number of carbonyl (C=O) groups is 2. The summed E-state index contributed by atoms with van der Waals surface area (Å²) in [6.45, 7) is 7.12. The number of carbonyl (C=O) groups excluding carboxylic acids is 2. The van der Waals surface area contributed by atoms with Crippen LogP contribution in [-0.2, 0) is 6.54 Å². The number of nitrogens with two attached hydrogens (primary N) is 1. The Labute approximate surface area is 180 Å². The number of amides is 1. The van der Waals surface area contributed by atoms with Crippen LogP contribution in [0.5, 0.6) is 5.75 Å².